The summed E-state index contributed by atoms with van der Waals surface area (Å²) in [5.41, 5.74) is 2.29. The average Bonchev–Trinajstić information content (AvgIpc) is 3.36. The first-order valence-electron chi connectivity index (χ1n) is 11.7. The van der Waals surface area contributed by atoms with E-state index in [-0.39, 0.29) is 23.8 Å². The molecule has 0 saturated carbocycles. The van der Waals surface area contributed by atoms with Gasteiger partial charge in [-0.1, -0.05) is 65.0 Å². The van der Waals surface area contributed by atoms with Crippen molar-refractivity contribution in [2.75, 3.05) is 13.1 Å². The molecule has 0 bridgehead atoms. The summed E-state index contributed by atoms with van der Waals surface area (Å²) in [5, 5.41) is 4.79. The number of rotatable bonds is 7. The van der Waals surface area contributed by atoms with Crippen molar-refractivity contribution in [1.29, 1.82) is 0 Å². The Hall–Kier alpha value is -3.15. The Labute approximate surface area is 196 Å². The van der Waals surface area contributed by atoms with E-state index in [1.807, 2.05) is 39.9 Å². The van der Waals surface area contributed by atoms with Crippen LogP contribution >= 0.6 is 0 Å². The first-order chi connectivity index (χ1) is 15.7. The van der Waals surface area contributed by atoms with E-state index in [1.54, 1.807) is 0 Å². The topological polar surface area (TPSA) is 60.2 Å². The average molecular weight is 447 g/mol. The fraction of sp³-hybridized carbons (Fsp3) is 0.444. The van der Waals surface area contributed by atoms with Crippen molar-refractivity contribution in [2.45, 2.75) is 59.0 Å². The van der Waals surface area contributed by atoms with E-state index >= 15 is 0 Å². The van der Waals surface area contributed by atoms with Crippen LogP contribution < -0.4 is 4.74 Å². The fourth-order valence-electron chi connectivity index (χ4n) is 4.21. The molecule has 174 valence electrons. The summed E-state index contributed by atoms with van der Waals surface area (Å²) in [4.78, 5) is 19.5. The van der Waals surface area contributed by atoms with Crippen LogP contribution in [0.1, 0.15) is 64.2 Å². The molecule has 0 aliphatic carbocycles. The number of carbonyl (C=O) groups is 1. The zero-order chi connectivity index (χ0) is 23.6. The van der Waals surface area contributed by atoms with E-state index in [0.717, 1.165) is 23.8 Å². The van der Waals surface area contributed by atoms with Crippen molar-refractivity contribution >= 4 is 5.91 Å². The number of amides is 1. The molecule has 3 aromatic rings. The van der Waals surface area contributed by atoms with Gasteiger partial charge < -0.3 is 9.64 Å². The van der Waals surface area contributed by atoms with Crippen molar-refractivity contribution in [3.63, 3.8) is 0 Å². The van der Waals surface area contributed by atoms with Gasteiger partial charge in [0.2, 0.25) is 5.91 Å². The minimum Gasteiger partial charge on any atom is -0.486 e. The number of hydrogen-bond donors (Lipinski definition) is 0. The number of carbonyl (C=O) groups excluding carboxylic acids is 1. The maximum atomic E-state index is 12.7. The van der Waals surface area contributed by atoms with Gasteiger partial charge in [-0.15, -0.1) is 5.10 Å². The molecule has 6 nitrogen and oxygen atoms in total. The van der Waals surface area contributed by atoms with Crippen molar-refractivity contribution < 1.29 is 9.53 Å². The predicted molar refractivity (Wildman–Crippen MR) is 130 cm³/mol. The molecule has 2 aromatic carbocycles. The number of para-hydroxylation sites is 1. The first-order valence-corrected chi connectivity index (χ1v) is 11.7. The van der Waals surface area contributed by atoms with Gasteiger partial charge in [0.1, 0.15) is 18.2 Å². The summed E-state index contributed by atoms with van der Waals surface area (Å²) in [5.74, 6) is 2.85. The highest BCUT2D eigenvalue weighted by atomic mass is 16.5. The minimum atomic E-state index is 0.0107. The number of likely N-dealkylation sites (tertiary alicyclic amines) is 1. The van der Waals surface area contributed by atoms with Crippen LogP contribution in [0.2, 0.25) is 0 Å². The number of ether oxygens (including phenoxy) is 1. The zero-order valence-electron chi connectivity index (χ0n) is 20.3. The van der Waals surface area contributed by atoms with Crippen molar-refractivity contribution in [3.8, 4) is 11.4 Å². The molecule has 1 unspecified atom stereocenters. The first kappa shape index (κ1) is 23.0. The molecule has 0 N–H and O–H groups in total. The van der Waals surface area contributed by atoms with Crippen LogP contribution in [0.15, 0.2) is 54.6 Å². The highest BCUT2D eigenvalue weighted by molar-refractivity contribution is 5.79. The molecular formula is C27H34N4O2. The lowest BCUT2D eigenvalue weighted by Gasteiger charge is -2.20. The normalized spacial score (nSPS) is 16.6. The lowest BCUT2D eigenvalue weighted by atomic mass is 9.87. The monoisotopic (exact) mass is 446 g/mol. The molecule has 1 saturated heterocycles. The third-order valence-corrected chi connectivity index (χ3v) is 5.93. The van der Waals surface area contributed by atoms with Gasteiger partial charge in [0.25, 0.3) is 0 Å². The van der Waals surface area contributed by atoms with Crippen molar-refractivity contribution in [1.82, 2.24) is 19.7 Å². The molecule has 1 fully saturated rings. The smallest absolute Gasteiger partial charge is 0.223 e. The highest BCUT2D eigenvalue weighted by Gasteiger charge is 2.34. The molecule has 0 radical (unpaired) electrons. The molecule has 1 amide bonds. The summed E-state index contributed by atoms with van der Waals surface area (Å²) in [6.07, 6.45) is 0.463. The Morgan fingerprint density at radius 3 is 2.39 bits per heavy atom. The third kappa shape index (κ3) is 5.44. The summed E-state index contributed by atoms with van der Waals surface area (Å²) >= 11 is 0. The van der Waals surface area contributed by atoms with Crippen LogP contribution in [-0.2, 0) is 16.8 Å². The summed E-state index contributed by atoms with van der Waals surface area (Å²) < 4.78 is 7.80. The Kier molecular flexibility index (Phi) is 6.54. The minimum absolute atomic E-state index is 0.0107. The standard InChI is InChI=1S/C27H34N4O2/c1-19(2)16-30-17-20(15-25(30)32)26-28-24(18-33-23-9-7-6-8-10-23)29-31(26)22-13-11-21(12-14-22)27(3,4)5/h6-14,19-20H,15-18H2,1-5H3. The van der Waals surface area contributed by atoms with E-state index < -0.39 is 0 Å². The molecular weight excluding hydrogens is 412 g/mol. The number of benzene rings is 2. The molecule has 6 heteroatoms. The summed E-state index contributed by atoms with van der Waals surface area (Å²) in [6.45, 7) is 12.6. The Morgan fingerprint density at radius 2 is 1.76 bits per heavy atom. The zero-order valence-corrected chi connectivity index (χ0v) is 20.3. The lowest BCUT2D eigenvalue weighted by Crippen LogP contribution is -2.29. The molecule has 1 aliphatic heterocycles. The largest absolute Gasteiger partial charge is 0.486 e. The van der Waals surface area contributed by atoms with Crippen LogP contribution in [0.3, 0.4) is 0 Å². The van der Waals surface area contributed by atoms with Crippen LogP contribution in [0.5, 0.6) is 5.75 Å². The van der Waals surface area contributed by atoms with Gasteiger partial charge in [-0.2, -0.15) is 0 Å². The maximum absolute atomic E-state index is 12.7. The van der Waals surface area contributed by atoms with Crippen LogP contribution in [0, 0.1) is 5.92 Å². The Balaban J connectivity index is 1.63. The molecule has 4 rings (SSSR count). The van der Waals surface area contributed by atoms with E-state index in [1.165, 1.54) is 5.56 Å². The number of aromatic nitrogens is 3. The second-order valence-corrected chi connectivity index (χ2v) is 10.3. The van der Waals surface area contributed by atoms with Gasteiger partial charge in [0.15, 0.2) is 5.82 Å². The van der Waals surface area contributed by atoms with E-state index in [9.17, 15) is 4.79 Å². The molecule has 0 spiro atoms. The van der Waals surface area contributed by atoms with E-state index in [0.29, 0.717) is 24.7 Å². The molecule has 1 aliphatic rings. The lowest BCUT2D eigenvalue weighted by molar-refractivity contribution is -0.128. The Bertz CT molecular complexity index is 1080. The summed E-state index contributed by atoms with van der Waals surface area (Å²) in [7, 11) is 0. The van der Waals surface area contributed by atoms with Gasteiger partial charge in [-0.05, 0) is 41.2 Å². The molecule has 33 heavy (non-hydrogen) atoms. The quantitative estimate of drug-likeness (QED) is 0.506. The molecule has 1 aromatic heterocycles. The van der Waals surface area contributed by atoms with Crippen LogP contribution in [0.25, 0.3) is 5.69 Å². The SMILES string of the molecule is CC(C)CN1CC(c2nc(COc3ccccc3)nn2-c2ccc(C(C)(C)C)cc2)CC1=O. The Morgan fingerprint density at radius 1 is 1.06 bits per heavy atom. The number of hydrogen-bond acceptors (Lipinski definition) is 4. The summed E-state index contributed by atoms with van der Waals surface area (Å²) in [6, 6.07) is 18.1. The molecule has 1 atom stereocenters. The van der Waals surface area contributed by atoms with E-state index in [4.69, 9.17) is 14.8 Å². The number of nitrogens with zero attached hydrogens (tertiary/aromatic N) is 4. The maximum Gasteiger partial charge on any atom is 0.223 e. The van der Waals surface area contributed by atoms with Gasteiger partial charge in [-0.25, -0.2) is 9.67 Å². The van der Waals surface area contributed by atoms with E-state index in [2.05, 4.69) is 58.9 Å². The van der Waals surface area contributed by atoms with Crippen molar-refractivity contribution in [3.05, 3.63) is 71.8 Å². The predicted octanol–water partition coefficient (Wildman–Crippen LogP) is 5.12. The van der Waals surface area contributed by atoms with Gasteiger partial charge >= 0.3 is 0 Å². The third-order valence-electron chi connectivity index (χ3n) is 5.93. The van der Waals surface area contributed by atoms with Gasteiger partial charge in [0, 0.05) is 25.4 Å². The highest BCUT2D eigenvalue weighted by Crippen LogP contribution is 2.30. The van der Waals surface area contributed by atoms with Crippen LogP contribution in [-0.4, -0.2) is 38.7 Å². The molecule has 2 heterocycles. The fourth-order valence-corrected chi connectivity index (χ4v) is 4.21. The van der Waals surface area contributed by atoms with Crippen LogP contribution in [0.4, 0.5) is 0 Å². The van der Waals surface area contributed by atoms with Crippen molar-refractivity contribution in [2.24, 2.45) is 5.92 Å². The van der Waals surface area contributed by atoms with Gasteiger partial charge in [0.05, 0.1) is 5.69 Å². The van der Waals surface area contributed by atoms with Gasteiger partial charge in [-0.3, -0.25) is 4.79 Å². The second kappa shape index (κ2) is 9.38. The second-order valence-electron chi connectivity index (χ2n) is 10.3.